The third-order valence-corrected chi connectivity index (χ3v) is 7.72. The van der Waals surface area contributed by atoms with Crippen LogP contribution in [0.4, 0.5) is 4.79 Å². The Morgan fingerprint density at radius 1 is 1.14 bits per heavy atom. The third kappa shape index (κ3) is 6.70. The highest BCUT2D eigenvalue weighted by Crippen LogP contribution is 2.45. The van der Waals surface area contributed by atoms with E-state index in [2.05, 4.69) is 9.69 Å². The highest BCUT2D eigenvalue weighted by atomic mass is 35.5. The van der Waals surface area contributed by atoms with Gasteiger partial charge in [0.05, 0.1) is 11.6 Å². The molecule has 43 heavy (non-hydrogen) atoms. The Labute approximate surface area is 257 Å². The lowest BCUT2D eigenvalue weighted by Gasteiger charge is -2.36. The van der Waals surface area contributed by atoms with Gasteiger partial charge in [-0.05, 0) is 62.1 Å². The number of amides is 3. The maximum absolute atomic E-state index is 14.4. The molecule has 224 valence electrons. The fraction of sp³-hybridized carbons (Fsp3) is 0.333. The van der Waals surface area contributed by atoms with Crippen molar-refractivity contribution in [2.24, 2.45) is 4.99 Å². The predicted octanol–water partition coefficient (Wildman–Crippen LogP) is 4.73. The normalized spacial score (nSPS) is 18.7. The third-order valence-electron chi connectivity index (χ3n) is 6.86. The molecule has 3 amide bonds. The number of amidine groups is 1. The van der Waals surface area contributed by atoms with Gasteiger partial charge >= 0.3 is 12.0 Å². The number of ketones is 1. The lowest BCUT2D eigenvalue weighted by Crippen LogP contribution is -2.55. The van der Waals surface area contributed by atoms with Gasteiger partial charge in [-0.25, -0.2) is 9.17 Å². The van der Waals surface area contributed by atoms with Crippen molar-refractivity contribution in [3.8, 4) is 5.75 Å². The molecule has 2 atom stereocenters. The Morgan fingerprint density at radius 2 is 1.88 bits per heavy atom. The molecule has 5 rings (SSSR count). The zero-order valence-electron chi connectivity index (χ0n) is 23.7. The molecule has 1 saturated heterocycles. The number of rotatable bonds is 7. The summed E-state index contributed by atoms with van der Waals surface area (Å²) in [6, 6.07) is 10.2. The van der Waals surface area contributed by atoms with Crippen LogP contribution in [0.3, 0.4) is 0 Å². The fourth-order valence-electron chi connectivity index (χ4n) is 5.04. The molecule has 2 aliphatic rings. The van der Waals surface area contributed by atoms with Gasteiger partial charge < -0.3 is 20.1 Å². The number of nitrogens with one attached hydrogen (secondary N) is 1. The number of hydrogen-bond acceptors (Lipinski definition) is 8. The van der Waals surface area contributed by atoms with E-state index in [0.717, 1.165) is 11.1 Å². The first kappa shape index (κ1) is 30.2. The molecule has 2 unspecified atom stereocenters. The maximum atomic E-state index is 14.4. The molecule has 3 heterocycles. The Hall–Kier alpha value is -4.29. The molecule has 3 aromatic rings. The van der Waals surface area contributed by atoms with Gasteiger partial charge in [0.1, 0.15) is 36.2 Å². The van der Waals surface area contributed by atoms with E-state index < -0.39 is 41.9 Å². The number of nitrogens with zero attached hydrogens (tertiary/aromatic N) is 4. The second-order valence-electron chi connectivity index (χ2n) is 11.2. The number of urea groups is 1. The summed E-state index contributed by atoms with van der Waals surface area (Å²) >= 11 is 7.48. The van der Waals surface area contributed by atoms with Crippen molar-refractivity contribution >= 4 is 52.7 Å². The number of halogens is 1. The number of aromatic nitrogens is 1. The van der Waals surface area contributed by atoms with E-state index in [0.29, 0.717) is 23.7 Å². The van der Waals surface area contributed by atoms with Crippen molar-refractivity contribution in [2.45, 2.75) is 44.9 Å². The average molecular weight is 624 g/mol. The average Bonchev–Trinajstić information content (AvgIpc) is 3.60. The lowest BCUT2D eigenvalue weighted by atomic mass is 9.95. The monoisotopic (exact) mass is 623 g/mol. The zero-order chi connectivity index (χ0) is 30.9. The summed E-state index contributed by atoms with van der Waals surface area (Å²) in [7, 11) is 0. The van der Waals surface area contributed by atoms with Gasteiger partial charge in [0.15, 0.2) is 5.78 Å². The molecular formula is C30H30ClN5O6S. The van der Waals surface area contributed by atoms with Crippen LogP contribution in [-0.2, 0) is 9.59 Å². The number of benzene rings is 2. The summed E-state index contributed by atoms with van der Waals surface area (Å²) < 4.78 is 10.6. The van der Waals surface area contributed by atoms with Gasteiger partial charge in [-0.2, -0.15) is 0 Å². The van der Waals surface area contributed by atoms with E-state index in [-0.39, 0.29) is 29.6 Å². The molecule has 0 radical (unpaired) electrons. The van der Waals surface area contributed by atoms with Gasteiger partial charge in [0, 0.05) is 40.8 Å². The molecular weight excluding hydrogens is 594 g/mol. The van der Waals surface area contributed by atoms with Crippen LogP contribution >= 0.6 is 23.1 Å². The number of carbonyl (C=O) groups is 4. The van der Waals surface area contributed by atoms with E-state index in [9.17, 15) is 24.3 Å². The quantitative estimate of drug-likeness (QED) is 0.286. The number of piperazine rings is 1. The van der Waals surface area contributed by atoms with Crippen molar-refractivity contribution < 1.29 is 29.0 Å². The second-order valence-corrected chi connectivity index (χ2v) is 12.3. The van der Waals surface area contributed by atoms with Crippen LogP contribution in [0, 0.1) is 0 Å². The smallest absolute Gasteiger partial charge is 0.326 e. The first-order valence-electron chi connectivity index (χ1n) is 13.6. The summed E-state index contributed by atoms with van der Waals surface area (Å²) in [5.74, 6) is -1.55. The van der Waals surface area contributed by atoms with E-state index >= 15 is 0 Å². The van der Waals surface area contributed by atoms with Gasteiger partial charge in [-0.15, -0.1) is 0 Å². The highest BCUT2D eigenvalue weighted by molar-refractivity contribution is 7.03. The zero-order valence-corrected chi connectivity index (χ0v) is 25.3. The molecule has 0 spiro atoms. The number of carboxylic acids is 1. The first-order chi connectivity index (χ1) is 20.4. The SMILES string of the molecule is CC(C)(C)Oc1cc(C(=O)CC(=O)O)ccc1C1=NC(c2cnsc2)C(c2ccc(Cl)cc2)N1C(=O)N1CCNC(=O)C1. The van der Waals surface area contributed by atoms with Gasteiger partial charge in [0.25, 0.3) is 0 Å². The van der Waals surface area contributed by atoms with Gasteiger partial charge in [-0.1, -0.05) is 29.8 Å². The highest BCUT2D eigenvalue weighted by Gasteiger charge is 2.45. The Kier molecular flexibility index (Phi) is 8.52. The van der Waals surface area contributed by atoms with Gasteiger partial charge in [-0.3, -0.25) is 24.3 Å². The Morgan fingerprint density at radius 3 is 2.51 bits per heavy atom. The lowest BCUT2D eigenvalue weighted by molar-refractivity contribution is -0.136. The number of ether oxygens (including phenoxy) is 1. The first-order valence-corrected chi connectivity index (χ1v) is 14.8. The molecule has 0 saturated carbocycles. The van der Waals surface area contributed by atoms with Gasteiger partial charge in [0.2, 0.25) is 5.91 Å². The minimum Gasteiger partial charge on any atom is -0.487 e. The van der Waals surface area contributed by atoms with E-state index in [1.165, 1.54) is 28.6 Å². The van der Waals surface area contributed by atoms with Crippen LogP contribution in [0.5, 0.6) is 5.75 Å². The van der Waals surface area contributed by atoms with Crippen molar-refractivity contribution in [3.05, 3.63) is 81.3 Å². The number of carbonyl (C=O) groups excluding carboxylic acids is 3. The van der Waals surface area contributed by atoms with Crippen LogP contribution < -0.4 is 10.1 Å². The summed E-state index contributed by atoms with van der Waals surface area (Å²) in [6.07, 6.45) is 1.03. The van der Waals surface area contributed by atoms with Crippen molar-refractivity contribution in [1.82, 2.24) is 19.5 Å². The minimum absolute atomic E-state index is 0.116. The molecule has 2 aliphatic heterocycles. The molecule has 0 aliphatic carbocycles. The topological polar surface area (TPSA) is 142 Å². The summed E-state index contributed by atoms with van der Waals surface area (Å²) in [6.45, 7) is 6.02. The van der Waals surface area contributed by atoms with Crippen molar-refractivity contribution in [1.29, 1.82) is 0 Å². The molecule has 0 bridgehead atoms. The summed E-state index contributed by atoms with van der Waals surface area (Å²) in [5, 5.41) is 14.3. The van der Waals surface area contributed by atoms with Crippen LogP contribution in [0.25, 0.3) is 0 Å². The van der Waals surface area contributed by atoms with Crippen molar-refractivity contribution in [2.75, 3.05) is 19.6 Å². The number of carboxylic acid groups (broad SMARTS) is 1. The number of aliphatic carboxylic acids is 1. The van der Waals surface area contributed by atoms with Crippen LogP contribution in [0.15, 0.2) is 59.0 Å². The maximum Gasteiger partial charge on any atom is 0.326 e. The fourth-order valence-corrected chi connectivity index (χ4v) is 5.73. The Bertz CT molecular complexity index is 1590. The number of aliphatic imine (C=N–C) groups is 1. The van der Waals surface area contributed by atoms with E-state index in [1.807, 2.05) is 38.3 Å². The predicted molar refractivity (Wildman–Crippen MR) is 161 cm³/mol. The van der Waals surface area contributed by atoms with Crippen LogP contribution in [-0.4, -0.2) is 74.0 Å². The van der Waals surface area contributed by atoms with E-state index in [1.54, 1.807) is 29.3 Å². The van der Waals surface area contributed by atoms with Crippen molar-refractivity contribution in [3.63, 3.8) is 0 Å². The second kappa shape index (κ2) is 12.1. The Balaban J connectivity index is 1.69. The molecule has 2 aromatic carbocycles. The molecule has 1 aromatic heterocycles. The van der Waals surface area contributed by atoms with E-state index in [4.69, 9.17) is 21.3 Å². The minimum atomic E-state index is -1.24. The number of hydrogen-bond donors (Lipinski definition) is 2. The molecule has 2 N–H and O–H groups in total. The standard InChI is InChI=1S/C30H30ClN5O6S/c1-30(2,3)42-23-12-18(22(37)13-25(39)40)6-9-21(23)28-34-26(19-14-33-43-16-19)27(17-4-7-20(31)8-5-17)36(28)29(41)35-11-10-32-24(38)15-35/h4-9,12,14,16,26-27H,10-11,13,15H2,1-3H3,(H,32,38)(H,39,40). The van der Waals surface area contributed by atoms with Crippen LogP contribution in [0.1, 0.15) is 66.3 Å². The molecule has 13 heteroatoms. The van der Waals surface area contributed by atoms with Crippen LogP contribution in [0.2, 0.25) is 5.02 Å². The molecule has 11 nitrogen and oxygen atoms in total. The molecule has 1 fully saturated rings. The summed E-state index contributed by atoms with van der Waals surface area (Å²) in [5.41, 5.74) is 1.43. The summed E-state index contributed by atoms with van der Waals surface area (Å²) in [4.78, 5) is 58.7. The number of Topliss-reactive ketones (excluding diaryl/α,β-unsaturated/α-hetero) is 1. The largest absolute Gasteiger partial charge is 0.487 e.